The molecule has 1 heterocycles. The normalized spacial score (nSPS) is 21.2. The van der Waals surface area contributed by atoms with Crippen molar-refractivity contribution in [2.24, 2.45) is 5.92 Å². The number of piperidine rings is 1. The van der Waals surface area contributed by atoms with E-state index in [-0.39, 0.29) is 11.8 Å². The van der Waals surface area contributed by atoms with Crippen LogP contribution < -0.4 is 0 Å². The molecule has 3 rings (SSSR count). The first-order valence-electron chi connectivity index (χ1n) is 7.97. The van der Waals surface area contributed by atoms with Crippen molar-refractivity contribution in [3.8, 4) is 0 Å². The Hall–Kier alpha value is -1.61. The summed E-state index contributed by atoms with van der Waals surface area (Å²) in [6.07, 6.45) is 6.55. The highest BCUT2D eigenvalue weighted by atomic mass is 16.3. The van der Waals surface area contributed by atoms with Gasteiger partial charge >= 0.3 is 0 Å². The summed E-state index contributed by atoms with van der Waals surface area (Å²) >= 11 is 0. The Kier molecular flexibility index (Phi) is 4.39. The van der Waals surface area contributed by atoms with E-state index in [4.69, 9.17) is 0 Å². The molecule has 1 amide bonds. The van der Waals surface area contributed by atoms with E-state index in [2.05, 4.69) is 6.08 Å². The Morgan fingerprint density at radius 2 is 1.90 bits per heavy atom. The van der Waals surface area contributed by atoms with Gasteiger partial charge in [-0.2, -0.15) is 0 Å². The van der Waals surface area contributed by atoms with E-state index in [1.54, 1.807) is 0 Å². The third-order valence-electron chi connectivity index (χ3n) is 4.73. The van der Waals surface area contributed by atoms with Crippen LogP contribution in [0.3, 0.4) is 0 Å². The van der Waals surface area contributed by atoms with Crippen molar-refractivity contribution in [1.29, 1.82) is 0 Å². The molecule has 3 nitrogen and oxygen atoms in total. The van der Waals surface area contributed by atoms with Gasteiger partial charge in [-0.3, -0.25) is 4.79 Å². The van der Waals surface area contributed by atoms with Crippen LogP contribution in [0.4, 0.5) is 0 Å². The highest BCUT2D eigenvalue weighted by Crippen LogP contribution is 2.31. The van der Waals surface area contributed by atoms with E-state index in [0.717, 1.165) is 56.3 Å². The monoisotopic (exact) mass is 285 g/mol. The van der Waals surface area contributed by atoms with E-state index in [1.807, 2.05) is 35.2 Å². The lowest BCUT2D eigenvalue weighted by molar-refractivity contribution is -0.129. The second kappa shape index (κ2) is 6.44. The molecule has 2 aliphatic rings. The van der Waals surface area contributed by atoms with E-state index >= 15 is 0 Å². The van der Waals surface area contributed by atoms with Crippen molar-refractivity contribution < 1.29 is 9.90 Å². The van der Waals surface area contributed by atoms with Gasteiger partial charge in [-0.05, 0) is 43.6 Å². The highest BCUT2D eigenvalue weighted by Gasteiger charge is 2.29. The lowest BCUT2D eigenvalue weighted by atomic mass is 9.87. The second-order valence-electron chi connectivity index (χ2n) is 6.11. The Bertz CT molecular complexity index is 515. The lowest BCUT2D eigenvalue weighted by Crippen LogP contribution is -2.40. The number of aliphatic hydroxyl groups is 1. The van der Waals surface area contributed by atoms with Gasteiger partial charge in [0.05, 0.1) is 6.10 Å². The largest absolute Gasteiger partial charge is 0.388 e. The maximum atomic E-state index is 12.3. The summed E-state index contributed by atoms with van der Waals surface area (Å²) in [6.45, 7) is 1.54. The molecular formula is C18H23NO2. The Morgan fingerprint density at radius 1 is 1.19 bits per heavy atom. The first-order chi connectivity index (χ1) is 10.3. The topological polar surface area (TPSA) is 40.5 Å². The predicted octanol–water partition coefficient (Wildman–Crippen LogP) is 3.07. The zero-order chi connectivity index (χ0) is 14.7. The number of carbonyl (C=O) groups excluding carboxylic acids is 1. The van der Waals surface area contributed by atoms with Crippen LogP contribution >= 0.6 is 0 Å². The van der Waals surface area contributed by atoms with Crippen molar-refractivity contribution in [1.82, 2.24) is 4.90 Å². The number of aliphatic hydroxyl groups excluding tert-OH is 1. The van der Waals surface area contributed by atoms with Gasteiger partial charge in [-0.1, -0.05) is 36.4 Å². The number of hydrogen-bond acceptors (Lipinski definition) is 2. The molecule has 0 radical (unpaired) electrons. The molecule has 1 aliphatic heterocycles. The first kappa shape index (κ1) is 14.3. The molecule has 0 saturated carbocycles. The fourth-order valence-electron chi connectivity index (χ4n) is 3.41. The number of amides is 1. The van der Waals surface area contributed by atoms with Gasteiger partial charge in [0.2, 0.25) is 5.91 Å². The third-order valence-corrected chi connectivity index (χ3v) is 4.73. The van der Waals surface area contributed by atoms with Crippen LogP contribution in [0.1, 0.15) is 43.8 Å². The van der Waals surface area contributed by atoms with Gasteiger partial charge in [0, 0.05) is 18.7 Å². The summed E-state index contributed by atoms with van der Waals surface area (Å²) < 4.78 is 0. The highest BCUT2D eigenvalue weighted by molar-refractivity contribution is 5.93. The van der Waals surface area contributed by atoms with Crippen LogP contribution in [0.15, 0.2) is 42.0 Å². The molecule has 0 spiro atoms. The second-order valence-corrected chi connectivity index (χ2v) is 6.11. The number of rotatable bonds is 3. The van der Waals surface area contributed by atoms with E-state index in [1.165, 1.54) is 0 Å². The Balaban J connectivity index is 1.56. The predicted molar refractivity (Wildman–Crippen MR) is 82.6 cm³/mol. The average Bonchev–Trinajstić information content (AvgIpc) is 3.09. The summed E-state index contributed by atoms with van der Waals surface area (Å²) in [5, 5.41) is 10.5. The summed E-state index contributed by atoms with van der Waals surface area (Å²) in [7, 11) is 0. The number of carbonyl (C=O) groups is 1. The maximum absolute atomic E-state index is 12.3. The van der Waals surface area contributed by atoms with E-state index in [0.29, 0.717) is 0 Å². The van der Waals surface area contributed by atoms with Crippen molar-refractivity contribution in [3.63, 3.8) is 0 Å². The molecule has 1 atom stereocenters. The third kappa shape index (κ3) is 3.18. The van der Waals surface area contributed by atoms with Crippen molar-refractivity contribution in [3.05, 3.63) is 47.5 Å². The minimum absolute atomic E-state index is 0.222. The van der Waals surface area contributed by atoms with Crippen LogP contribution in [-0.2, 0) is 4.79 Å². The van der Waals surface area contributed by atoms with E-state index in [9.17, 15) is 9.90 Å². The molecule has 21 heavy (non-hydrogen) atoms. The van der Waals surface area contributed by atoms with Crippen LogP contribution in [0.2, 0.25) is 0 Å². The van der Waals surface area contributed by atoms with Gasteiger partial charge in [-0.15, -0.1) is 0 Å². The van der Waals surface area contributed by atoms with Gasteiger partial charge < -0.3 is 10.0 Å². The van der Waals surface area contributed by atoms with Crippen LogP contribution in [0.25, 0.3) is 0 Å². The summed E-state index contributed by atoms with van der Waals surface area (Å²) in [5.74, 6) is 0.481. The van der Waals surface area contributed by atoms with Gasteiger partial charge in [-0.25, -0.2) is 0 Å². The minimum Gasteiger partial charge on any atom is -0.388 e. The van der Waals surface area contributed by atoms with Crippen LogP contribution in [0, 0.1) is 5.92 Å². The number of allylic oxidation sites excluding steroid dienone is 1. The zero-order valence-electron chi connectivity index (χ0n) is 12.4. The number of benzene rings is 1. The molecule has 1 N–H and O–H groups in total. The summed E-state index contributed by atoms with van der Waals surface area (Å²) in [4.78, 5) is 14.3. The molecule has 0 aromatic heterocycles. The zero-order valence-corrected chi connectivity index (χ0v) is 12.4. The van der Waals surface area contributed by atoms with Crippen LogP contribution in [-0.4, -0.2) is 29.0 Å². The van der Waals surface area contributed by atoms with Gasteiger partial charge in [0.15, 0.2) is 0 Å². The average molecular weight is 285 g/mol. The molecular weight excluding hydrogens is 262 g/mol. The number of nitrogens with zero attached hydrogens (tertiary/aromatic N) is 1. The fourth-order valence-corrected chi connectivity index (χ4v) is 3.41. The molecule has 1 aromatic rings. The minimum atomic E-state index is -0.408. The van der Waals surface area contributed by atoms with Gasteiger partial charge in [0.1, 0.15) is 0 Å². The van der Waals surface area contributed by atoms with Crippen molar-refractivity contribution in [2.45, 2.75) is 38.2 Å². The van der Waals surface area contributed by atoms with Crippen molar-refractivity contribution >= 4 is 5.91 Å². The Labute approximate surface area is 126 Å². The number of hydrogen-bond donors (Lipinski definition) is 1. The molecule has 1 saturated heterocycles. The fraction of sp³-hybridized carbons (Fsp3) is 0.500. The quantitative estimate of drug-likeness (QED) is 0.927. The Morgan fingerprint density at radius 3 is 2.52 bits per heavy atom. The summed E-state index contributed by atoms with van der Waals surface area (Å²) in [6, 6.07) is 9.84. The lowest BCUT2D eigenvalue weighted by Gasteiger charge is -2.34. The maximum Gasteiger partial charge on any atom is 0.249 e. The number of likely N-dealkylation sites (tertiary alicyclic amines) is 1. The SMILES string of the molecule is O=C(C1=CCCC1)N1CCC(C(O)c2ccccc2)CC1. The molecule has 3 heteroatoms. The van der Waals surface area contributed by atoms with Crippen LogP contribution in [0.5, 0.6) is 0 Å². The molecule has 1 aromatic carbocycles. The smallest absolute Gasteiger partial charge is 0.249 e. The first-order valence-corrected chi connectivity index (χ1v) is 7.97. The molecule has 1 aliphatic carbocycles. The molecule has 1 unspecified atom stereocenters. The van der Waals surface area contributed by atoms with E-state index < -0.39 is 6.10 Å². The summed E-state index contributed by atoms with van der Waals surface area (Å²) in [5.41, 5.74) is 1.98. The molecule has 112 valence electrons. The molecule has 1 fully saturated rings. The molecule has 0 bridgehead atoms. The van der Waals surface area contributed by atoms with Crippen molar-refractivity contribution in [2.75, 3.05) is 13.1 Å². The standard InChI is InChI=1S/C18H23NO2/c20-17(14-6-2-1-3-7-14)15-10-12-19(13-11-15)18(21)16-8-4-5-9-16/h1-3,6-8,15,17,20H,4-5,9-13H2. The van der Waals surface area contributed by atoms with Gasteiger partial charge in [0.25, 0.3) is 0 Å².